The molecular formula is C27H46O3. The predicted octanol–water partition coefficient (Wildman–Crippen LogP) is 5.68. The molecule has 0 bridgehead atoms. The molecule has 0 aromatic carbocycles. The maximum absolute atomic E-state index is 10.5. The molecule has 3 N–H and O–H groups in total. The van der Waals surface area contributed by atoms with E-state index in [0.29, 0.717) is 23.7 Å². The Bertz CT molecular complexity index is 667. The monoisotopic (exact) mass is 418 g/mol. The highest BCUT2D eigenvalue weighted by atomic mass is 16.5. The van der Waals surface area contributed by atoms with Crippen molar-refractivity contribution in [3.05, 3.63) is 11.6 Å². The summed E-state index contributed by atoms with van der Waals surface area (Å²) < 4.78 is 0. The zero-order valence-corrected chi connectivity index (χ0v) is 20.0. The fourth-order valence-electron chi connectivity index (χ4n) is 8.77. The Labute approximate surface area is 184 Å². The van der Waals surface area contributed by atoms with Crippen LogP contribution in [0.5, 0.6) is 0 Å². The van der Waals surface area contributed by atoms with Crippen LogP contribution in [-0.2, 0) is 0 Å². The van der Waals surface area contributed by atoms with E-state index in [-0.39, 0.29) is 11.8 Å². The third-order valence-corrected chi connectivity index (χ3v) is 10.4. The van der Waals surface area contributed by atoms with Gasteiger partial charge in [-0.1, -0.05) is 65.5 Å². The minimum absolute atomic E-state index is 0.173. The molecule has 172 valence electrons. The van der Waals surface area contributed by atoms with Crippen molar-refractivity contribution in [3.8, 4) is 0 Å². The smallest absolute Gasteiger partial charge is 0.190 e. The second-order valence-electron chi connectivity index (χ2n) is 12.6. The van der Waals surface area contributed by atoms with Crippen LogP contribution in [0.2, 0.25) is 0 Å². The van der Waals surface area contributed by atoms with E-state index in [1.165, 1.54) is 50.5 Å². The number of rotatable bonds is 5. The normalized spacial score (nSPS) is 46.0. The van der Waals surface area contributed by atoms with Crippen LogP contribution in [0.15, 0.2) is 11.6 Å². The lowest BCUT2D eigenvalue weighted by atomic mass is 9.46. The molecule has 0 aromatic heterocycles. The van der Waals surface area contributed by atoms with Gasteiger partial charge in [-0.25, -0.2) is 0 Å². The molecule has 0 radical (unpaired) electrons. The minimum atomic E-state index is -1.95. The molecule has 0 saturated heterocycles. The molecule has 8 atom stereocenters. The molecule has 3 nitrogen and oxygen atoms in total. The summed E-state index contributed by atoms with van der Waals surface area (Å²) in [6.45, 7) is 12.0. The fraction of sp³-hybridized carbons (Fsp3) is 0.926. The highest BCUT2D eigenvalue weighted by Gasteiger charge is 2.61. The lowest BCUT2D eigenvalue weighted by Crippen LogP contribution is -2.57. The molecule has 0 unspecified atom stereocenters. The molecule has 4 rings (SSSR count). The van der Waals surface area contributed by atoms with Gasteiger partial charge in [0, 0.05) is 12.8 Å². The summed E-state index contributed by atoms with van der Waals surface area (Å²) in [6, 6.07) is 0. The number of hydrogen-bond acceptors (Lipinski definition) is 3. The van der Waals surface area contributed by atoms with Crippen LogP contribution in [0, 0.1) is 46.3 Å². The van der Waals surface area contributed by atoms with E-state index < -0.39 is 11.9 Å². The molecular weight excluding hydrogens is 372 g/mol. The first-order valence-corrected chi connectivity index (χ1v) is 12.8. The van der Waals surface area contributed by atoms with Gasteiger partial charge in [-0.2, -0.15) is 0 Å². The van der Waals surface area contributed by atoms with Crippen molar-refractivity contribution in [1.29, 1.82) is 0 Å². The van der Waals surface area contributed by atoms with Crippen molar-refractivity contribution in [3.63, 3.8) is 0 Å². The van der Waals surface area contributed by atoms with Crippen molar-refractivity contribution in [2.45, 2.75) is 111 Å². The molecule has 0 amide bonds. The molecule has 4 aliphatic rings. The first kappa shape index (κ1) is 22.8. The van der Waals surface area contributed by atoms with Gasteiger partial charge in [0.1, 0.15) is 6.10 Å². The SMILES string of the molecule is CC(C)CCC[C@@H](C)[C@H]1CC[C@H]2[C@@H]3CC=C4C[C@H](O)C(O)(O)C[C@]4(C)[C@H]3CC[C@]12C. The first-order valence-electron chi connectivity index (χ1n) is 12.8. The Morgan fingerprint density at radius 1 is 1.03 bits per heavy atom. The number of fused-ring (bicyclic) bond motifs is 5. The molecule has 0 spiro atoms. The summed E-state index contributed by atoms with van der Waals surface area (Å²) in [5, 5.41) is 31.2. The largest absolute Gasteiger partial charge is 0.387 e. The van der Waals surface area contributed by atoms with E-state index >= 15 is 0 Å². The van der Waals surface area contributed by atoms with Crippen molar-refractivity contribution < 1.29 is 15.3 Å². The Hall–Kier alpha value is -0.380. The van der Waals surface area contributed by atoms with Crippen LogP contribution >= 0.6 is 0 Å². The van der Waals surface area contributed by atoms with E-state index in [1.807, 2.05) is 0 Å². The van der Waals surface area contributed by atoms with Gasteiger partial charge in [0.25, 0.3) is 0 Å². The molecule has 3 saturated carbocycles. The zero-order chi connectivity index (χ0) is 21.9. The highest BCUT2D eigenvalue weighted by molar-refractivity contribution is 5.27. The number of hydrogen-bond donors (Lipinski definition) is 3. The maximum Gasteiger partial charge on any atom is 0.190 e. The van der Waals surface area contributed by atoms with Gasteiger partial charge in [0.2, 0.25) is 0 Å². The molecule has 3 heteroatoms. The quantitative estimate of drug-likeness (QED) is 0.398. The average Bonchev–Trinajstić information content (AvgIpc) is 2.99. The lowest BCUT2D eigenvalue weighted by molar-refractivity contribution is -0.259. The van der Waals surface area contributed by atoms with Crippen molar-refractivity contribution >= 4 is 0 Å². The van der Waals surface area contributed by atoms with Gasteiger partial charge >= 0.3 is 0 Å². The Kier molecular flexibility index (Phi) is 5.99. The third kappa shape index (κ3) is 3.61. The first-order chi connectivity index (χ1) is 14.0. The lowest BCUT2D eigenvalue weighted by Gasteiger charge is -2.59. The standard InChI is InChI=1S/C27H46O3/c1-17(2)7-6-8-18(3)21-11-12-22-20-10-9-19-15-24(28)27(29,30)16-26(19,5)23(20)13-14-25(21,22)4/h9,17-18,20-24,28-30H,6-8,10-16H2,1-5H3/t18-,20+,21-,22+,23+,24+,25-,26+/m1/s1. The highest BCUT2D eigenvalue weighted by Crippen LogP contribution is 2.67. The van der Waals surface area contributed by atoms with Gasteiger partial charge in [0.05, 0.1) is 0 Å². The molecule has 0 aromatic rings. The average molecular weight is 419 g/mol. The second kappa shape index (κ2) is 7.89. The third-order valence-electron chi connectivity index (χ3n) is 10.4. The van der Waals surface area contributed by atoms with Gasteiger partial charge in [-0.15, -0.1) is 0 Å². The summed E-state index contributed by atoms with van der Waals surface area (Å²) in [5.74, 6) is 2.47. The second-order valence-corrected chi connectivity index (χ2v) is 12.6. The summed E-state index contributed by atoms with van der Waals surface area (Å²) in [5.41, 5.74) is 1.56. The number of aliphatic hydroxyl groups is 3. The van der Waals surface area contributed by atoms with Crippen LogP contribution in [0.4, 0.5) is 0 Å². The molecule has 0 aliphatic heterocycles. The van der Waals surface area contributed by atoms with E-state index in [2.05, 4.69) is 40.7 Å². The van der Waals surface area contributed by atoms with Crippen LogP contribution in [0.1, 0.15) is 98.8 Å². The van der Waals surface area contributed by atoms with E-state index in [0.717, 1.165) is 30.1 Å². The topological polar surface area (TPSA) is 60.7 Å². The summed E-state index contributed by atoms with van der Waals surface area (Å²) in [4.78, 5) is 0. The van der Waals surface area contributed by atoms with E-state index in [4.69, 9.17) is 0 Å². The number of aliphatic hydroxyl groups excluding tert-OH is 1. The van der Waals surface area contributed by atoms with Gasteiger partial charge in [-0.3, -0.25) is 0 Å². The van der Waals surface area contributed by atoms with Crippen LogP contribution in [-0.4, -0.2) is 27.2 Å². The Balaban J connectivity index is 1.52. The molecule has 0 heterocycles. The predicted molar refractivity (Wildman–Crippen MR) is 122 cm³/mol. The molecule has 4 aliphatic carbocycles. The van der Waals surface area contributed by atoms with Crippen LogP contribution < -0.4 is 0 Å². The minimum Gasteiger partial charge on any atom is -0.387 e. The molecule has 30 heavy (non-hydrogen) atoms. The van der Waals surface area contributed by atoms with E-state index in [1.54, 1.807) is 0 Å². The van der Waals surface area contributed by atoms with E-state index in [9.17, 15) is 15.3 Å². The van der Waals surface area contributed by atoms with Crippen molar-refractivity contribution in [2.75, 3.05) is 0 Å². The summed E-state index contributed by atoms with van der Waals surface area (Å²) in [7, 11) is 0. The molecule has 3 fully saturated rings. The summed E-state index contributed by atoms with van der Waals surface area (Å²) >= 11 is 0. The fourth-order valence-corrected chi connectivity index (χ4v) is 8.77. The van der Waals surface area contributed by atoms with Crippen molar-refractivity contribution in [2.24, 2.45) is 46.3 Å². The van der Waals surface area contributed by atoms with Crippen LogP contribution in [0.3, 0.4) is 0 Å². The van der Waals surface area contributed by atoms with Crippen molar-refractivity contribution in [1.82, 2.24) is 0 Å². The maximum atomic E-state index is 10.5. The number of allylic oxidation sites excluding steroid dienone is 1. The zero-order valence-electron chi connectivity index (χ0n) is 20.0. The van der Waals surface area contributed by atoms with Gasteiger partial charge < -0.3 is 15.3 Å². The van der Waals surface area contributed by atoms with Gasteiger partial charge in [-0.05, 0) is 78.4 Å². The van der Waals surface area contributed by atoms with Gasteiger partial charge in [0.15, 0.2) is 5.79 Å². The Morgan fingerprint density at radius 3 is 2.47 bits per heavy atom. The summed E-state index contributed by atoms with van der Waals surface area (Å²) in [6.07, 6.45) is 12.5. The van der Waals surface area contributed by atoms with Crippen LogP contribution in [0.25, 0.3) is 0 Å². The Morgan fingerprint density at radius 2 is 1.77 bits per heavy atom.